The minimum absolute atomic E-state index is 0.184. The second-order valence-corrected chi connectivity index (χ2v) is 6.91. The van der Waals surface area contributed by atoms with Gasteiger partial charge in [-0.05, 0) is 48.5 Å². The molecular weight excluding hydrogens is 378 g/mol. The second-order valence-electron chi connectivity index (χ2n) is 5.88. The maximum absolute atomic E-state index is 12.4. The number of hydrogen-bond acceptors (Lipinski definition) is 6. The largest absolute Gasteiger partial charge is 0.484 e. The zero-order chi connectivity index (χ0) is 19.5. The number of rotatable bonds is 6. The molecule has 0 aliphatic carbocycles. The van der Waals surface area contributed by atoms with Gasteiger partial charge in [0.15, 0.2) is 23.1 Å². The first-order chi connectivity index (χ1) is 13.6. The van der Waals surface area contributed by atoms with E-state index in [0.29, 0.717) is 17.2 Å². The maximum atomic E-state index is 12.4. The number of carbonyl (C=O) groups excluding carboxylic acids is 2. The predicted molar refractivity (Wildman–Crippen MR) is 106 cm³/mol. The molecule has 2 heterocycles. The second kappa shape index (κ2) is 7.53. The molecule has 0 saturated heterocycles. The summed E-state index contributed by atoms with van der Waals surface area (Å²) < 4.78 is 11.9. The van der Waals surface area contributed by atoms with Crippen molar-refractivity contribution < 1.29 is 18.7 Å². The van der Waals surface area contributed by atoms with E-state index in [-0.39, 0.29) is 18.3 Å². The van der Waals surface area contributed by atoms with Crippen LogP contribution < -0.4 is 15.8 Å². The normalized spacial score (nSPS) is 10.7. The number of amides is 2. The number of para-hydroxylation sites is 1. The lowest BCUT2D eigenvalue weighted by Gasteiger charge is -2.06. The number of nitrogens with two attached hydrogens (primary N) is 1. The fraction of sp³-hybridized carbons (Fsp3) is 0.0500. The third-order valence-corrected chi connectivity index (χ3v) is 4.88. The van der Waals surface area contributed by atoms with Crippen molar-refractivity contribution in [1.29, 1.82) is 0 Å². The third-order valence-electron chi connectivity index (χ3n) is 3.83. The summed E-state index contributed by atoms with van der Waals surface area (Å²) in [5.74, 6) is 0.273. The van der Waals surface area contributed by atoms with Crippen LogP contribution >= 0.6 is 11.3 Å². The molecule has 2 aromatic carbocycles. The van der Waals surface area contributed by atoms with Gasteiger partial charge in [0.1, 0.15) is 5.75 Å². The first-order valence-electron chi connectivity index (χ1n) is 8.37. The Morgan fingerprint density at radius 2 is 1.86 bits per heavy atom. The number of fused-ring (bicyclic) bond motifs is 1. The SMILES string of the molecule is NC(=O)COc1ccc(NC(=O)c2ccc(-c3nc4ccccc4s3)o2)cc1. The Morgan fingerprint density at radius 3 is 2.61 bits per heavy atom. The lowest BCUT2D eigenvalue weighted by atomic mass is 10.3. The number of benzene rings is 2. The monoisotopic (exact) mass is 393 g/mol. The molecule has 0 aliphatic heterocycles. The third kappa shape index (κ3) is 3.86. The van der Waals surface area contributed by atoms with Crippen LogP contribution in [0.15, 0.2) is 65.1 Å². The molecule has 0 bridgehead atoms. The quantitative estimate of drug-likeness (QED) is 0.520. The average Bonchev–Trinajstić information content (AvgIpc) is 3.34. The van der Waals surface area contributed by atoms with Crippen molar-refractivity contribution in [1.82, 2.24) is 4.98 Å². The van der Waals surface area contributed by atoms with Crippen molar-refractivity contribution in [2.24, 2.45) is 5.73 Å². The van der Waals surface area contributed by atoms with Gasteiger partial charge in [-0.3, -0.25) is 9.59 Å². The smallest absolute Gasteiger partial charge is 0.291 e. The molecule has 7 nitrogen and oxygen atoms in total. The van der Waals surface area contributed by atoms with Crippen LogP contribution in [-0.2, 0) is 4.79 Å². The van der Waals surface area contributed by atoms with Gasteiger partial charge in [0.2, 0.25) is 0 Å². The van der Waals surface area contributed by atoms with Gasteiger partial charge in [0.05, 0.1) is 10.2 Å². The number of hydrogen-bond donors (Lipinski definition) is 2. The van der Waals surface area contributed by atoms with Crippen LogP contribution in [0, 0.1) is 0 Å². The van der Waals surface area contributed by atoms with Gasteiger partial charge in [-0.25, -0.2) is 4.98 Å². The minimum atomic E-state index is -0.556. The Balaban J connectivity index is 1.45. The van der Waals surface area contributed by atoms with Gasteiger partial charge in [-0.2, -0.15) is 0 Å². The molecule has 8 heteroatoms. The van der Waals surface area contributed by atoms with E-state index in [1.165, 1.54) is 11.3 Å². The Kier molecular flexibility index (Phi) is 4.77. The van der Waals surface area contributed by atoms with E-state index < -0.39 is 5.91 Å². The fourth-order valence-electron chi connectivity index (χ4n) is 2.53. The number of nitrogens with one attached hydrogen (secondary N) is 1. The Labute approximate surface area is 163 Å². The molecule has 4 rings (SSSR count). The number of ether oxygens (including phenoxy) is 1. The van der Waals surface area contributed by atoms with E-state index in [2.05, 4.69) is 10.3 Å². The highest BCUT2D eigenvalue weighted by molar-refractivity contribution is 7.21. The molecule has 0 fully saturated rings. The summed E-state index contributed by atoms with van der Waals surface area (Å²) in [5.41, 5.74) is 6.49. The molecule has 0 spiro atoms. The molecule has 140 valence electrons. The average molecular weight is 393 g/mol. The van der Waals surface area contributed by atoms with Crippen LogP contribution in [-0.4, -0.2) is 23.4 Å². The summed E-state index contributed by atoms with van der Waals surface area (Å²) in [6.45, 7) is -0.202. The highest BCUT2D eigenvalue weighted by Gasteiger charge is 2.15. The molecule has 3 N–H and O–H groups in total. The van der Waals surface area contributed by atoms with Crippen molar-refractivity contribution >= 4 is 39.1 Å². The summed E-state index contributed by atoms with van der Waals surface area (Å²) in [5, 5.41) is 3.46. The molecule has 0 saturated carbocycles. The van der Waals surface area contributed by atoms with E-state index >= 15 is 0 Å². The Bertz CT molecular complexity index is 1110. The summed E-state index contributed by atoms with van der Waals surface area (Å²) >= 11 is 1.50. The van der Waals surface area contributed by atoms with E-state index in [1.807, 2.05) is 24.3 Å². The van der Waals surface area contributed by atoms with Crippen LogP contribution in [0.2, 0.25) is 0 Å². The number of thiazole rings is 1. The molecule has 2 aromatic heterocycles. The Hall–Kier alpha value is -3.65. The van der Waals surface area contributed by atoms with Gasteiger partial charge >= 0.3 is 0 Å². The molecule has 0 unspecified atom stereocenters. The van der Waals surface area contributed by atoms with Gasteiger partial charge < -0.3 is 20.2 Å². The maximum Gasteiger partial charge on any atom is 0.291 e. The highest BCUT2D eigenvalue weighted by atomic mass is 32.1. The first-order valence-corrected chi connectivity index (χ1v) is 9.18. The number of anilines is 1. The van der Waals surface area contributed by atoms with E-state index in [1.54, 1.807) is 36.4 Å². The zero-order valence-corrected chi connectivity index (χ0v) is 15.4. The summed E-state index contributed by atoms with van der Waals surface area (Å²) in [6, 6.07) is 17.7. The van der Waals surface area contributed by atoms with Crippen molar-refractivity contribution in [2.75, 3.05) is 11.9 Å². The van der Waals surface area contributed by atoms with Crippen molar-refractivity contribution in [3.05, 3.63) is 66.4 Å². The summed E-state index contributed by atoms with van der Waals surface area (Å²) in [7, 11) is 0. The van der Waals surface area contributed by atoms with E-state index in [9.17, 15) is 9.59 Å². The minimum Gasteiger partial charge on any atom is -0.484 e. The van der Waals surface area contributed by atoms with Crippen LogP contribution in [0.4, 0.5) is 5.69 Å². The molecule has 4 aromatic rings. The van der Waals surface area contributed by atoms with Crippen LogP contribution in [0.3, 0.4) is 0 Å². The standard InChI is InChI=1S/C20H15N3O4S/c21-18(24)11-26-13-7-5-12(6-8-13)22-19(25)15-9-10-16(27-15)20-23-14-3-1-2-4-17(14)28-20/h1-10H,11H2,(H2,21,24)(H,22,25). The number of primary amides is 1. The molecule has 0 radical (unpaired) electrons. The van der Waals surface area contributed by atoms with Crippen molar-refractivity contribution in [2.45, 2.75) is 0 Å². The molecule has 0 atom stereocenters. The van der Waals surface area contributed by atoms with Gasteiger partial charge in [0.25, 0.3) is 11.8 Å². The van der Waals surface area contributed by atoms with Crippen molar-refractivity contribution in [3.8, 4) is 16.5 Å². The number of furan rings is 1. The van der Waals surface area contributed by atoms with E-state index in [4.69, 9.17) is 14.9 Å². The van der Waals surface area contributed by atoms with Gasteiger partial charge in [-0.1, -0.05) is 12.1 Å². The number of carbonyl (C=O) groups is 2. The molecule has 2 amide bonds. The van der Waals surface area contributed by atoms with Crippen LogP contribution in [0.1, 0.15) is 10.6 Å². The van der Waals surface area contributed by atoms with E-state index in [0.717, 1.165) is 15.2 Å². The zero-order valence-electron chi connectivity index (χ0n) is 14.5. The molecular formula is C20H15N3O4S. The first kappa shape index (κ1) is 17.7. The van der Waals surface area contributed by atoms with Crippen LogP contribution in [0.5, 0.6) is 5.75 Å². The molecule has 28 heavy (non-hydrogen) atoms. The summed E-state index contributed by atoms with van der Waals surface area (Å²) in [6.07, 6.45) is 0. The summed E-state index contributed by atoms with van der Waals surface area (Å²) in [4.78, 5) is 27.7. The topological polar surface area (TPSA) is 107 Å². The predicted octanol–water partition coefficient (Wildman–Crippen LogP) is 3.67. The molecule has 0 aliphatic rings. The fourth-order valence-corrected chi connectivity index (χ4v) is 3.46. The van der Waals surface area contributed by atoms with Gasteiger partial charge in [0, 0.05) is 5.69 Å². The highest BCUT2D eigenvalue weighted by Crippen LogP contribution is 2.31. The van der Waals surface area contributed by atoms with Gasteiger partial charge in [-0.15, -0.1) is 11.3 Å². The Morgan fingerprint density at radius 1 is 1.07 bits per heavy atom. The van der Waals surface area contributed by atoms with Crippen molar-refractivity contribution in [3.63, 3.8) is 0 Å². The number of nitrogens with zero attached hydrogens (tertiary/aromatic N) is 1. The lowest BCUT2D eigenvalue weighted by molar-refractivity contribution is -0.119. The lowest BCUT2D eigenvalue weighted by Crippen LogP contribution is -2.20. The van der Waals surface area contributed by atoms with Crippen LogP contribution in [0.25, 0.3) is 21.0 Å². The number of aromatic nitrogens is 1.